The number of rotatable bonds is 2. The highest BCUT2D eigenvalue weighted by Crippen LogP contribution is 2.21. The SMILES string of the molecule is COc1cc(F)cc(N=C(C)N)c1. The topological polar surface area (TPSA) is 47.6 Å². The minimum atomic E-state index is -0.389. The van der Waals surface area contributed by atoms with E-state index < -0.39 is 0 Å². The Morgan fingerprint density at radius 2 is 2.15 bits per heavy atom. The number of benzene rings is 1. The van der Waals surface area contributed by atoms with Gasteiger partial charge in [0, 0.05) is 12.1 Å². The molecule has 0 aromatic heterocycles. The molecule has 0 saturated carbocycles. The molecule has 1 aromatic rings. The van der Waals surface area contributed by atoms with E-state index in [0.29, 0.717) is 17.3 Å². The van der Waals surface area contributed by atoms with Gasteiger partial charge in [-0.25, -0.2) is 9.38 Å². The van der Waals surface area contributed by atoms with Gasteiger partial charge in [-0.3, -0.25) is 0 Å². The fourth-order valence-corrected chi connectivity index (χ4v) is 0.934. The van der Waals surface area contributed by atoms with E-state index in [9.17, 15) is 4.39 Å². The summed E-state index contributed by atoms with van der Waals surface area (Å²) in [4.78, 5) is 3.90. The van der Waals surface area contributed by atoms with Crippen LogP contribution in [0.1, 0.15) is 6.92 Å². The van der Waals surface area contributed by atoms with Crippen LogP contribution in [0.4, 0.5) is 10.1 Å². The zero-order chi connectivity index (χ0) is 9.84. The van der Waals surface area contributed by atoms with Gasteiger partial charge in [-0.15, -0.1) is 0 Å². The Hall–Kier alpha value is -1.58. The Balaban J connectivity index is 3.09. The van der Waals surface area contributed by atoms with Gasteiger partial charge < -0.3 is 10.5 Å². The summed E-state index contributed by atoms with van der Waals surface area (Å²) in [6.45, 7) is 1.64. The average molecular weight is 182 g/mol. The van der Waals surface area contributed by atoms with Gasteiger partial charge in [-0.1, -0.05) is 0 Å². The fourth-order valence-electron chi connectivity index (χ4n) is 0.934. The number of nitrogens with zero attached hydrogens (tertiary/aromatic N) is 1. The van der Waals surface area contributed by atoms with Crippen molar-refractivity contribution in [1.82, 2.24) is 0 Å². The predicted molar refractivity (Wildman–Crippen MR) is 49.9 cm³/mol. The van der Waals surface area contributed by atoms with Crippen molar-refractivity contribution in [2.75, 3.05) is 7.11 Å². The Kier molecular flexibility index (Phi) is 2.84. The molecule has 1 aromatic carbocycles. The molecule has 0 aliphatic rings. The lowest BCUT2D eigenvalue weighted by molar-refractivity contribution is 0.411. The van der Waals surface area contributed by atoms with E-state index in [4.69, 9.17) is 10.5 Å². The number of hydrogen-bond acceptors (Lipinski definition) is 2. The van der Waals surface area contributed by atoms with Crippen LogP contribution in [0.3, 0.4) is 0 Å². The summed E-state index contributed by atoms with van der Waals surface area (Å²) in [5.74, 6) is 0.423. The first-order chi connectivity index (χ1) is 6.11. The van der Waals surface area contributed by atoms with Gasteiger partial charge in [0.1, 0.15) is 11.6 Å². The molecule has 0 unspecified atom stereocenters. The van der Waals surface area contributed by atoms with Crippen LogP contribution in [0, 0.1) is 5.82 Å². The fraction of sp³-hybridized carbons (Fsp3) is 0.222. The Labute approximate surface area is 76.0 Å². The molecule has 0 spiro atoms. The molecule has 1 rings (SSSR count). The number of hydrogen-bond donors (Lipinski definition) is 1. The molecular formula is C9H11FN2O. The van der Waals surface area contributed by atoms with Crippen LogP contribution in [0.25, 0.3) is 0 Å². The molecule has 0 radical (unpaired) electrons. The van der Waals surface area contributed by atoms with Gasteiger partial charge in [-0.2, -0.15) is 0 Å². The molecule has 4 heteroatoms. The molecule has 13 heavy (non-hydrogen) atoms. The van der Waals surface area contributed by atoms with E-state index in [1.54, 1.807) is 13.0 Å². The number of methoxy groups -OCH3 is 1. The summed E-state index contributed by atoms with van der Waals surface area (Å²) in [7, 11) is 1.47. The summed E-state index contributed by atoms with van der Waals surface area (Å²) < 4.78 is 17.7. The van der Waals surface area contributed by atoms with Crippen LogP contribution >= 0.6 is 0 Å². The molecule has 0 saturated heterocycles. The third kappa shape index (κ3) is 2.74. The lowest BCUT2D eigenvalue weighted by atomic mass is 10.3. The zero-order valence-corrected chi connectivity index (χ0v) is 7.54. The van der Waals surface area contributed by atoms with E-state index >= 15 is 0 Å². The highest BCUT2D eigenvalue weighted by molar-refractivity contribution is 5.80. The summed E-state index contributed by atoms with van der Waals surface area (Å²) in [5.41, 5.74) is 5.81. The third-order valence-electron chi connectivity index (χ3n) is 1.40. The van der Waals surface area contributed by atoms with Crippen molar-refractivity contribution >= 4 is 11.5 Å². The molecule has 0 heterocycles. The predicted octanol–water partition coefficient (Wildman–Crippen LogP) is 1.84. The number of amidine groups is 1. The molecule has 2 N–H and O–H groups in total. The maximum atomic E-state index is 12.9. The minimum absolute atomic E-state index is 0.382. The largest absolute Gasteiger partial charge is 0.497 e. The Bertz CT molecular complexity index is 332. The average Bonchev–Trinajstić information content (AvgIpc) is 2.01. The maximum absolute atomic E-state index is 12.9. The minimum Gasteiger partial charge on any atom is -0.497 e. The van der Waals surface area contributed by atoms with Crippen LogP contribution in [0.15, 0.2) is 23.2 Å². The molecule has 0 fully saturated rings. The summed E-state index contributed by atoms with van der Waals surface area (Å²) in [6, 6.07) is 4.18. The molecule has 0 amide bonds. The monoisotopic (exact) mass is 182 g/mol. The first-order valence-corrected chi connectivity index (χ1v) is 3.77. The molecular weight excluding hydrogens is 171 g/mol. The van der Waals surface area contributed by atoms with Crippen LogP contribution in [0.5, 0.6) is 5.75 Å². The van der Waals surface area contributed by atoms with Crippen molar-refractivity contribution in [2.45, 2.75) is 6.92 Å². The van der Waals surface area contributed by atoms with Gasteiger partial charge in [0.25, 0.3) is 0 Å². The Morgan fingerprint density at radius 3 is 2.69 bits per heavy atom. The lowest BCUT2D eigenvalue weighted by Gasteiger charge is -2.01. The van der Waals surface area contributed by atoms with Crippen molar-refractivity contribution in [3.05, 3.63) is 24.0 Å². The van der Waals surface area contributed by atoms with Crippen LogP contribution in [0.2, 0.25) is 0 Å². The highest BCUT2D eigenvalue weighted by atomic mass is 19.1. The van der Waals surface area contributed by atoms with E-state index in [0.717, 1.165) is 0 Å². The molecule has 0 atom stereocenters. The normalized spacial score (nSPS) is 11.5. The lowest BCUT2D eigenvalue weighted by Crippen LogP contribution is -2.03. The summed E-state index contributed by atoms with van der Waals surface area (Å²) in [6.07, 6.45) is 0. The van der Waals surface area contributed by atoms with Crippen LogP contribution in [-0.4, -0.2) is 12.9 Å². The van der Waals surface area contributed by atoms with E-state index in [2.05, 4.69) is 4.99 Å². The number of ether oxygens (including phenoxy) is 1. The highest BCUT2D eigenvalue weighted by Gasteiger charge is 1.99. The van der Waals surface area contributed by atoms with E-state index in [1.807, 2.05) is 0 Å². The quantitative estimate of drug-likeness (QED) is 0.560. The van der Waals surface area contributed by atoms with Gasteiger partial charge in [0.15, 0.2) is 0 Å². The van der Waals surface area contributed by atoms with Gasteiger partial charge in [0.2, 0.25) is 0 Å². The van der Waals surface area contributed by atoms with E-state index in [1.165, 1.54) is 19.2 Å². The van der Waals surface area contributed by atoms with Crippen LogP contribution in [-0.2, 0) is 0 Å². The zero-order valence-electron chi connectivity index (χ0n) is 7.54. The van der Waals surface area contributed by atoms with Gasteiger partial charge in [0.05, 0.1) is 18.6 Å². The smallest absolute Gasteiger partial charge is 0.129 e. The second kappa shape index (κ2) is 3.89. The molecule has 0 aliphatic heterocycles. The van der Waals surface area contributed by atoms with Gasteiger partial charge >= 0.3 is 0 Å². The second-order valence-electron chi connectivity index (χ2n) is 2.60. The summed E-state index contributed by atoms with van der Waals surface area (Å²) in [5, 5.41) is 0. The molecule has 0 bridgehead atoms. The standard InChI is InChI=1S/C9H11FN2O/c1-6(11)12-8-3-7(10)4-9(5-8)13-2/h3-5H,1-2H3,(H2,11,12). The van der Waals surface area contributed by atoms with Crippen molar-refractivity contribution in [3.8, 4) is 5.75 Å². The van der Waals surface area contributed by atoms with Crippen molar-refractivity contribution < 1.29 is 9.13 Å². The van der Waals surface area contributed by atoms with Crippen molar-refractivity contribution in [2.24, 2.45) is 10.7 Å². The van der Waals surface area contributed by atoms with Crippen molar-refractivity contribution in [3.63, 3.8) is 0 Å². The number of halogens is 1. The Morgan fingerprint density at radius 1 is 1.46 bits per heavy atom. The second-order valence-corrected chi connectivity index (χ2v) is 2.60. The van der Waals surface area contributed by atoms with Crippen molar-refractivity contribution in [1.29, 1.82) is 0 Å². The molecule has 3 nitrogen and oxygen atoms in total. The molecule has 0 aliphatic carbocycles. The maximum Gasteiger partial charge on any atom is 0.129 e. The van der Waals surface area contributed by atoms with Crippen LogP contribution < -0.4 is 10.5 Å². The number of aliphatic imine (C=N–C) groups is 1. The third-order valence-corrected chi connectivity index (χ3v) is 1.40. The van der Waals surface area contributed by atoms with E-state index in [-0.39, 0.29) is 5.82 Å². The van der Waals surface area contributed by atoms with Gasteiger partial charge in [-0.05, 0) is 13.0 Å². The first-order valence-electron chi connectivity index (χ1n) is 3.77. The number of nitrogens with two attached hydrogens (primary N) is 1. The first kappa shape index (κ1) is 9.51. The molecule has 70 valence electrons. The summed E-state index contributed by atoms with van der Waals surface area (Å²) >= 11 is 0.